The zero-order valence-corrected chi connectivity index (χ0v) is 34.0. The van der Waals surface area contributed by atoms with E-state index in [0.29, 0.717) is 0 Å². The number of hydrogen-bond acceptors (Lipinski definition) is 2. The van der Waals surface area contributed by atoms with Gasteiger partial charge in [0.25, 0.3) is 0 Å². The molecule has 0 saturated heterocycles. The summed E-state index contributed by atoms with van der Waals surface area (Å²) >= 11 is 1.91. The second-order valence-corrected chi connectivity index (χ2v) is 17.4. The molecule has 0 aliphatic heterocycles. The molecule has 0 unspecified atom stereocenters. The fourth-order valence-corrected chi connectivity index (χ4v) is 12.1. The second kappa shape index (κ2) is 13.2. The van der Waals surface area contributed by atoms with E-state index in [4.69, 9.17) is 0 Å². The number of thiophene rings is 1. The molecule has 0 amide bonds. The first-order valence-electron chi connectivity index (χ1n) is 21.1. The summed E-state index contributed by atoms with van der Waals surface area (Å²) in [5, 5.41) is 5.13. The summed E-state index contributed by atoms with van der Waals surface area (Å²) in [6.07, 6.45) is 0. The van der Waals surface area contributed by atoms with Gasteiger partial charge < -0.3 is 4.90 Å². The third-order valence-electron chi connectivity index (χ3n) is 13.3. The van der Waals surface area contributed by atoms with Gasteiger partial charge in [-0.05, 0) is 109 Å². The van der Waals surface area contributed by atoms with Gasteiger partial charge in [0.15, 0.2) is 0 Å². The number of fused-ring (bicyclic) bond motifs is 15. The Morgan fingerprint density at radius 2 is 0.803 bits per heavy atom. The van der Waals surface area contributed by atoms with Crippen LogP contribution in [0.1, 0.15) is 22.3 Å². The lowest BCUT2D eigenvalue weighted by molar-refractivity contribution is 0.793. The molecule has 1 heterocycles. The average Bonchev–Trinajstić information content (AvgIpc) is 3.97. The van der Waals surface area contributed by atoms with Crippen LogP contribution in [0.5, 0.6) is 0 Å². The third-order valence-corrected chi connectivity index (χ3v) is 14.5. The van der Waals surface area contributed by atoms with Crippen LogP contribution in [0.2, 0.25) is 0 Å². The van der Waals surface area contributed by atoms with Gasteiger partial charge in [-0.15, -0.1) is 11.3 Å². The van der Waals surface area contributed by atoms with Gasteiger partial charge in [0.1, 0.15) is 0 Å². The van der Waals surface area contributed by atoms with Crippen molar-refractivity contribution in [3.63, 3.8) is 0 Å². The van der Waals surface area contributed by atoms with Gasteiger partial charge in [0.2, 0.25) is 0 Å². The van der Waals surface area contributed by atoms with E-state index in [-0.39, 0.29) is 0 Å². The van der Waals surface area contributed by atoms with E-state index < -0.39 is 5.41 Å². The Labute approximate surface area is 359 Å². The van der Waals surface area contributed by atoms with Crippen molar-refractivity contribution in [3.05, 3.63) is 247 Å². The highest BCUT2D eigenvalue weighted by Gasteiger charge is 2.51. The van der Waals surface area contributed by atoms with Crippen LogP contribution in [-0.2, 0) is 5.41 Å². The van der Waals surface area contributed by atoms with Gasteiger partial charge in [0, 0.05) is 32.2 Å². The first-order chi connectivity index (χ1) is 30.3. The van der Waals surface area contributed by atoms with Gasteiger partial charge in [-0.2, -0.15) is 0 Å². The van der Waals surface area contributed by atoms with Crippen LogP contribution in [0.25, 0.3) is 75.5 Å². The molecular weight excluding hydrogens is 755 g/mol. The van der Waals surface area contributed by atoms with Crippen LogP contribution < -0.4 is 4.90 Å². The second-order valence-electron chi connectivity index (χ2n) is 16.3. The van der Waals surface area contributed by atoms with Crippen molar-refractivity contribution in [3.8, 4) is 44.5 Å². The van der Waals surface area contributed by atoms with E-state index in [9.17, 15) is 0 Å². The molecule has 1 nitrogen and oxygen atoms in total. The van der Waals surface area contributed by atoms with Crippen molar-refractivity contribution < 1.29 is 0 Å². The maximum absolute atomic E-state index is 2.52. The molecule has 0 N–H and O–H groups in total. The number of anilines is 3. The molecule has 284 valence electrons. The Hall–Kier alpha value is -7.52. The van der Waals surface area contributed by atoms with Crippen molar-refractivity contribution in [2.75, 3.05) is 4.90 Å². The van der Waals surface area contributed by atoms with Crippen molar-refractivity contribution in [1.82, 2.24) is 0 Å². The maximum Gasteiger partial charge on any atom is 0.0726 e. The van der Waals surface area contributed by atoms with Crippen molar-refractivity contribution in [1.29, 1.82) is 0 Å². The number of rotatable bonds is 5. The molecule has 10 aromatic carbocycles. The lowest BCUT2D eigenvalue weighted by Crippen LogP contribution is -2.26. The molecule has 61 heavy (non-hydrogen) atoms. The molecule has 2 aliphatic carbocycles. The van der Waals surface area contributed by atoms with Crippen LogP contribution in [0, 0.1) is 0 Å². The smallest absolute Gasteiger partial charge is 0.0726 e. The monoisotopic (exact) mass is 791 g/mol. The number of hydrogen-bond donors (Lipinski definition) is 0. The molecule has 0 saturated carbocycles. The van der Waals surface area contributed by atoms with Gasteiger partial charge in [0.05, 0.1) is 15.8 Å². The number of benzene rings is 10. The molecule has 2 heteroatoms. The minimum absolute atomic E-state index is 0.441. The Balaban J connectivity index is 1.10. The molecule has 2 aliphatic rings. The Morgan fingerprint density at radius 3 is 1.49 bits per heavy atom. The Morgan fingerprint density at radius 1 is 0.295 bits per heavy atom. The fourth-order valence-electron chi connectivity index (χ4n) is 10.7. The molecule has 0 radical (unpaired) electrons. The summed E-state index contributed by atoms with van der Waals surface area (Å²) in [7, 11) is 0. The topological polar surface area (TPSA) is 3.24 Å². The van der Waals surface area contributed by atoms with Crippen molar-refractivity contribution in [2.45, 2.75) is 5.41 Å². The molecule has 11 aromatic rings. The van der Waals surface area contributed by atoms with Crippen LogP contribution in [0.15, 0.2) is 224 Å². The van der Waals surface area contributed by atoms with Gasteiger partial charge in [-0.1, -0.05) is 188 Å². The third kappa shape index (κ3) is 4.88. The van der Waals surface area contributed by atoms with E-state index in [2.05, 4.69) is 229 Å². The van der Waals surface area contributed by atoms with Crippen molar-refractivity contribution in [2.24, 2.45) is 0 Å². The van der Waals surface area contributed by atoms with E-state index in [1.54, 1.807) is 0 Å². The average molecular weight is 792 g/mol. The SMILES string of the molecule is c1ccc(-c2cccc(N(c3ccc4c(c3)C3(c5ccccc5-c5ccccc53)c3ccccc3-4)c3cccc4c3sc3c5ccccc5c(-c5ccccc5)cc43)c2)cc1. The van der Waals surface area contributed by atoms with E-state index in [1.165, 1.54) is 103 Å². The highest BCUT2D eigenvalue weighted by atomic mass is 32.1. The quantitative estimate of drug-likeness (QED) is 0.168. The van der Waals surface area contributed by atoms with Gasteiger partial charge in [-0.25, -0.2) is 0 Å². The Kier molecular flexibility index (Phi) is 7.46. The van der Waals surface area contributed by atoms with Gasteiger partial charge in [-0.3, -0.25) is 0 Å². The molecule has 0 atom stereocenters. The summed E-state index contributed by atoms with van der Waals surface area (Å²) in [4.78, 5) is 2.52. The number of nitrogens with zero attached hydrogens (tertiary/aromatic N) is 1. The molecule has 1 spiro atoms. The zero-order valence-electron chi connectivity index (χ0n) is 33.2. The van der Waals surface area contributed by atoms with E-state index in [0.717, 1.165) is 11.4 Å². The Bertz CT molecular complexity index is 3480. The largest absolute Gasteiger partial charge is 0.309 e. The van der Waals surface area contributed by atoms with E-state index in [1.807, 2.05) is 11.3 Å². The molecular formula is C59H37NS. The summed E-state index contributed by atoms with van der Waals surface area (Å²) in [5.41, 5.74) is 18.5. The first-order valence-corrected chi connectivity index (χ1v) is 21.9. The maximum atomic E-state index is 2.52. The van der Waals surface area contributed by atoms with E-state index >= 15 is 0 Å². The minimum Gasteiger partial charge on any atom is -0.309 e. The lowest BCUT2D eigenvalue weighted by Gasteiger charge is -2.32. The van der Waals surface area contributed by atoms with Gasteiger partial charge >= 0.3 is 0 Å². The summed E-state index contributed by atoms with van der Waals surface area (Å²) in [6, 6.07) is 83.4. The lowest BCUT2D eigenvalue weighted by atomic mass is 9.70. The normalized spacial score (nSPS) is 13.0. The zero-order chi connectivity index (χ0) is 40.1. The van der Waals surface area contributed by atoms with Crippen LogP contribution in [0.3, 0.4) is 0 Å². The highest BCUT2D eigenvalue weighted by Crippen LogP contribution is 2.63. The molecule has 0 fully saturated rings. The molecule has 13 rings (SSSR count). The first kappa shape index (κ1) is 34.4. The summed E-state index contributed by atoms with van der Waals surface area (Å²) in [6.45, 7) is 0. The molecule has 1 aromatic heterocycles. The fraction of sp³-hybridized carbons (Fsp3) is 0.0169. The molecule has 0 bridgehead atoms. The van der Waals surface area contributed by atoms with Crippen molar-refractivity contribution >= 4 is 59.3 Å². The minimum atomic E-state index is -0.441. The standard InChI is InChI=1S/C59H37NS/c1-3-17-38(18-4-1)40-21-15-22-41(35-40)60(56-32-16-28-49-51-37-50(39-19-5-2-6-20-39)43-23-7-8-27-48(43)57(51)61-58(49)56)42-33-34-47-46-26-11-14-31-54(46)59(55(47)36-42)52-29-12-9-24-44(52)45-25-10-13-30-53(45)59/h1-37H. The van der Waals surface area contributed by atoms with Crippen LogP contribution in [-0.4, -0.2) is 0 Å². The predicted molar refractivity (Wildman–Crippen MR) is 259 cm³/mol. The highest BCUT2D eigenvalue weighted by molar-refractivity contribution is 7.27. The summed E-state index contributed by atoms with van der Waals surface area (Å²) in [5.74, 6) is 0. The van der Waals surface area contributed by atoms with Crippen LogP contribution >= 0.6 is 11.3 Å². The predicted octanol–water partition coefficient (Wildman–Crippen LogP) is 16.4. The summed E-state index contributed by atoms with van der Waals surface area (Å²) < 4.78 is 2.59. The van der Waals surface area contributed by atoms with Crippen LogP contribution in [0.4, 0.5) is 17.1 Å².